The van der Waals surface area contributed by atoms with Crippen LogP contribution in [0, 0.1) is 17.5 Å². The summed E-state index contributed by atoms with van der Waals surface area (Å²) in [7, 11) is 0. The molecule has 0 aliphatic rings. The molecule has 1 heterocycles. The van der Waals surface area contributed by atoms with Crippen LogP contribution in [0.3, 0.4) is 0 Å². The average molecular weight is 300 g/mol. The van der Waals surface area contributed by atoms with Gasteiger partial charge in [0.25, 0.3) is 0 Å². The number of thiazole rings is 1. The normalized spacial score (nSPS) is 11.7. The van der Waals surface area contributed by atoms with E-state index in [1.807, 2.05) is 26.2 Å². The van der Waals surface area contributed by atoms with Gasteiger partial charge < -0.3 is 5.32 Å². The molecule has 0 aliphatic carbocycles. The van der Waals surface area contributed by atoms with Crippen LogP contribution in [0.15, 0.2) is 17.5 Å². The Bertz CT molecular complexity index is 617. The number of halogens is 3. The van der Waals surface area contributed by atoms with Crippen molar-refractivity contribution in [2.45, 2.75) is 32.7 Å². The van der Waals surface area contributed by atoms with Gasteiger partial charge in [-0.15, -0.1) is 11.3 Å². The summed E-state index contributed by atoms with van der Waals surface area (Å²) in [4.78, 5) is 4.42. The summed E-state index contributed by atoms with van der Waals surface area (Å²) in [6, 6.07) is 1.44. The molecule has 0 saturated heterocycles. The molecule has 0 aliphatic heterocycles. The van der Waals surface area contributed by atoms with E-state index in [1.165, 1.54) is 11.3 Å². The Labute approximate surface area is 119 Å². The Kier molecular flexibility index (Phi) is 4.04. The molecule has 2 nitrogen and oxygen atoms in total. The molecule has 0 atom stereocenters. The number of nitrogens with zero attached hydrogens (tertiary/aromatic N) is 1. The van der Waals surface area contributed by atoms with Gasteiger partial charge in [-0.25, -0.2) is 18.2 Å². The molecule has 0 bridgehead atoms. The van der Waals surface area contributed by atoms with Crippen LogP contribution < -0.4 is 5.32 Å². The zero-order chi connectivity index (χ0) is 14.9. The van der Waals surface area contributed by atoms with E-state index >= 15 is 0 Å². The molecule has 0 saturated carbocycles. The van der Waals surface area contributed by atoms with E-state index in [2.05, 4.69) is 10.3 Å². The predicted molar refractivity (Wildman–Crippen MR) is 74.5 cm³/mol. The maximum atomic E-state index is 13.5. The molecule has 20 heavy (non-hydrogen) atoms. The highest BCUT2D eigenvalue weighted by Crippen LogP contribution is 2.26. The molecule has 2 rings (SSSR count). The van der Waals surface area contributed by atoms with E-state index in [0.717, 1.165) is 11.1 Å². The van der Waals surface area contributed by atoms with E-state index in [-0.39, 0.29) is 17.6 Å². The van der Waals surface area contributed by atoms with Crippen molar-refractivity contribution in [3.8, 4) is 0 Å². The molecule has 6 heteroatoms. The van der Waals surface area contributed by atoms with E-state index < -0.39 is 17.5 Å². The summed E-state index contributed by atoms with van der Waals surface area (Å²) >= 11 is 1.51. The third-order valence-electron chi connectivity index (χ3n) is 2.65. The highest BCUT2D eigenvalue weighted by molar-refractivity contribution is 7.09. The van der Waals surface area contributed by atoms with Crippen molar-refractivity contribution in [1.29, 1.82) is 0 Å². The first-order valence-electron chi connectivity index (χ1n) is 6.10. The SMILES string of the molecule is CC(C)(C)c1nc(CNc2cc(F)cc(F)c2F)cs1. The lowest BCUT2D eigenvalue weighted by molar-refractivity contribution is 0.497. The van der Waals surface area contributed by atoms with E-state index in [0.29, 0.717) is 11.8 Å². The van der Waals surface area contributed by atoms with Crippen molar-refractivity contribution in [2.75, 3.05) is 5.32 Å². The molecule has 0 spiro atoms. The van der Waals surface area contributed by atoms with Crippen molar-refractivity contribution < 1.29 is 13.2 Å². The van der Waals surface area contributed by atoms with E-state index in [1.54, 1.807) is 0 Å². The molecule has 0 unspecified atom stereocenters. The minimum absolute atomic E-state index is 0.0564. The molecule has 2 aromatic rings. The quantitative estimate of drug-likeness (QED) is 0.846. The summed E-state index contributed by atoms with van der Waals surface area (Å²) in [5.41, 5.74) is 0.455. The number of hydrogen-bond acceptors (Lipinski definition) is 3. The first kappa shape index (κ1) is 14.8. The fourth-order valence-corrected chi connectivity index (χ4v) is 2.51. The van der Waals surface area contributed by atoms with Gasteiger partial charge in [-0.3, -0.25) is 0 Å². The topological polar surface area (TPSA) is 24.9 Å². The maximum Gasteiger partial charge on any atom is 0.182 e. The maximum absolute atomic E-state index is 13.5. The van der Waals surface area contributed by atoms with Crippen molar-refractivity contribution in [1.82, 2.24) is 4.98 Å². The Hall–Kier alpha value is -1.56. The Balaban J connectivity index is 2.11. The predicted octanol–water partition coefficient (Wildman–Crippen LogP) is 4.47. The van der Waals surface area contributed by atoms with Crippen molar-refractivity contribution in [3.63, 3.8) is 0 Å². The summed E-state index contributed by atoms with van der Waals surface area (Å²) in [5, 5.41) is 5.47. The molecule has 1 aromatic carbocycles. The first-order valence-corrected chi connectivity index (χ1v) is 6.98. The van der Waals surface area contributed by atoms with Crippen LogP contribution in [-0.2, 0) is 12.0 Å². The number of rotatable bonds is 3. The monoisotopic (exact) mass is 300 g/mol. The molecule has 108 valence electrons. The van der Waals surface area contributed by atoms with Crippen LogP contribution in [0.1, 0.15) is 31.5 Å². The lowest BCUT2D eigenvalue weighted by Crippen LogP contribution is -2.11. The Morgan fingerprint density at radius 3 is 2.50 bits per heavy atom. The van der Waals surface area contributed by atoms with E-state index in [9.17, 15) is 13.2 Å². The molecule has 0 radical (unpaired) electrons. The lowest BCUT2D eigenvalue weighted by Gasteiger charge is -2.13. The minimum atomic E-state index is -1.21. The Morgan fingerprint density at radius 2 is 1.90 bits per heavy atom. The molecular formula is C14H15F3N2S. The zero-order valence-corrected chi connectivity index (χ0v) is 12.2. The average Bonchev–Trinajstić information content (AvgIpc) is 2.80. The van der Waals surface area contributed by atoms with Gasteiger partial charge in [0.15, 0.2) is 11.6 Å². The smallest absolute Gasteiger partial charge is 0.182 e. The lowest BCUT2D eigenvalue weighted by atomic mass is 9.98. The number of benzene rings is 1. The van der Waals surface area contributed by atoms with Crippen LogP contribution in [0.5, 0.6) is 0 Å². The second-order valence-electron chi connectivity index (χ2n) is 5.50. The van der Waals surface area contributed by atoms with Crippen molar-refractivity contribution >= 4 is 17.0 Å². The van der Waals surface area contributed by atoms with Gasteiger partial charge >= 0.3 is 0 Å². The highest BCUT2D eigenvalue weighted by atomic mass is 32.1. The number of anilines is 1. The second kappa shape index (κ2) is 5.44. The van der Waals surface area contributed by atoms with Gasteiger partial charge in [0.05, 0.1) is 22.9 Å². The van der Waals surface area contributed by atoms with Gasteiger partial charge in [-0.2, -0.15) is 0 Å². The van der Waals surface area contributed by atoms with Crippen LogP contribution in [-0.4, -0.2) is 4.98 Å². The van der Waals surface area contributed by atoms with Gasteiger partial charge in [-0.1, -0.05) is 20.8 Å². The van der Waals surface area contributed by atoms with Crippen LogP contribution >= 0.6 is 11.3 Å². The minimum Gasteiger partial charge on any atom is -0.377 e. The Morgan fingerprint density at radius 1 is 1.20 bits per heavy atom. The van der Waals surface area contributed by atoms with Crippen LogP contribution in [0.2, 0.25) is 0 Å². The molecule has 1 aromatic heterocycles. The molecule has 0 fully saturated rings. The third kappa shape index (κ3) is 3.30. The largest absolute Gasteiger partial charge is 0.377 e. The van der Waals surface area contributed by atoms with E-state index in [4.69, 9.17) is 0 Å². The fourth-order valence-electron chi connectivity index (χ4n) is 1.60. The third-order valence-corrected chi connectivity index (χ3v) is 3.96. The summed E-state index contributed by atoms with van der Waals surface area (Å²) in [5.74, 6) is -3.11. The molecular weight excluding hydrogens is 285 g/mol. The fraction of sp³-hybridized carbons (Fsp3) is 0.357. The highest BCUT2D eigenvalue weighted by Gasteiger charge is 2.18. The second-order valence-corrected chi connectivity index (χ2v) is 6.35. The zero-order valence-electron chi connectivity index (χ0n) is 11.4. The van der Waals surface area contributed by atoms with Gasteiger partial charge in [0.2, 0.25) is 0 Å². The standard InChI is InChI=1S/C14H15F3N2S/c1-14(2,3)13-19-9(7-20-13)6-18-11-5-8(15)4-10(16)12(11)17/h4-5,7,18H,6H2,1-3H3. The van der Waals surface area contributed by atoms with Gasteiger partial charge in [0, 0.05) is 22.9 Å². The van der Waals surface area contributed by atoms with Gasteiger partial charge in [0.1, 0.15) is 5.82 Å². The number of hydrogen-bond donors (Lipinski definition) is 1. The van der Waals surface area contributed by atoms with Gasteiger partial charge in [-0.05, 0) is 0 Å². The van der Waals surface area contributed by atoms with Crippen molar-refractivity contribution in [2.24, 2.45) is 0 Å². The summed E-state index contributed by atoms with van der Waals surface area (Å²) in [6.45, 7) is 6.35. The molecule has 0 amide bonds. The summed E-state index contributed by atoms with van der Waals surface area (Å²) < 4.78 is 39.5. The van der Waals surface area contributed by atoms with Crippen LogP contribution in [0.25, 0.3) is 0 Å². The summed E-state index contributed by atoms with van der Waals surface area (Å²) in [6.07, 6.45) is 0. The first-order chi connectivity index (χ1) is 9.27. The van der Waals surface area contributed by atoms with Crippen molar-refractivity contribution in [3.05, 3.63) is 45.7 Å². The number of nitrogens with one attached hydrogen (secondary N) is 1. The van der Waals surface area contributed by atoms with Crippen LogP contribution in [0.4, 0.5) is 18.9 Å². The number of aromatic nitrogens is 1. The molecule has 1 N–H and O–H groups in total.